The van der Waals surface area contributed by atoms with Gasteiger partial charge in [-0.25, -0.2) is 9.37 Å². The van der Waals surface area contributed by atoms with Gasteiger partial charge in [-0.05, 0) is 30.3 Å². The molecule has 1 heterocycles. The van der Waals surface area contributed by atoms with E-state index >= 15 is 0 Å². The minimum absolute atomic E-state index is 0.0728. The minimum atomic E-state index is -0.480. The van der Waals surface area contributed by atoms with Crippen LogP contribution in [0.15, 0.2) is 42.5 Å². The normalized spacial score (nSPS) is 10.7. The van der Waals surface area contributed by atoms with E-state index < -0.39 is 11.7 Å². The predicted octanol–water partition coefficient (Wildman–Crippen LogP) is 4.34. The Morgan fingerprint density at radius 3 is 2.80 bits per heavy atom. The summed E-state index contributed by atoms with van der Waals surface area (Å²) < 4.78 is 13.9. The van der Waals surface area contributed by atoms with Crippen LogP contribution in [0.3, 0.4) is 0 Å². The molecule has 0 aliphatic carbocycles. The largest absolute Gasteiger partial charge is 0.298 e. The lowest BCUT2D eigenvalue weighted by Crippen LogP contribution is -2.12. The fourth-order valence-corrected chi connectivity index (χ4v) is 2.88. The summed E-state index contributed by atoms with van der Waals surface area (Å²) in [6.45, 7) is 0. The van der Waals surface area contributed by atoms with Gasteiger partial charge in [0.15, 0.2) is 5.13 Å². The predicted molar refractivity (Wildman–Crippen MR) is 79.0 cm³/mol. The lowest BCUT2D eigenvalue weighted by molar-refractivity contribution is 0.102. The third kappa shape index (κ3) is 2.50. The molecular weight excluding hydrogens is 299 g/mol. The van der Waals surface area contributed by atoms with Crippen LogP contribution in [-0.4, -0.2) is 10.9 Å². The van der Waals surface area contributed by atoms with Crippen molar-refractivity contribution in [1.29, 1.82) is 0 Å². The first-order valence-corrected chi connectivity index (χ1v) is 6.95. The Morgan fingerprint density at radius 2 is 2.05 bits per heavy atom. The van der Waals surface area contributed by atoms with Crippen LogP contribution in [0.2, 0.25) is 5.02 Å². The maximum atomic E-state index is 13.0. The zero-order chi connectivity index (χ0) is 14.1. The first-order valence-electron chi connectivity index (χ1n) is 5.75. The van der Waals surface area contributed by atoms with E-state index in [1.807, 2.05) is 24.3 Å². The molecule has 0 aliphatic rings. The third-order valence-electron chi connectivity index (χ3n) is 2.69. The summed E-state index contributed by atoms with van der Waals surface area (Å²) in [6.07, 6.45) is 0. The minimum Gasteiger partial charge on any atom is -0.298 e. The van der Waals surface area contributed by atoms with Gasteiger partial charge < -0.3 is 0 Å². The summed E-state index contributed by atoms with van der Waals surface area (Å²) in [7, 11) is 0. The number of aromatic nitrogens is 1. The van der Waals surface area contributed by atoms with Crippen molar-refractivity contribution in [2.45, 2.75) is 0 Å². The molecule has 1 N–H and O–H groups in total. The molecule has 0 aliphatic heterocycles. The number of anilines is 1. The van der Waals surface area contributed by atoms with Gasteiger partial charge in [0.2, 0.25) is 0 Å². The highest BCUT2D eigenvalue weighted by Gasteiger charge is 2.13. The number of carbonyl (C=O) groups is 1. The van der Waals surface area contributed by atoms with Crippen LogP contribution in [-0.2, 0) is 0 Å². The smallest absolute Gasteiger partial charge is 0.258 e. The molecule has 3 aromatic rings. The first kappa shape index (κ1) is 13.0. The Balaban J connectivity index is 1.88. The molecule has 0 fully saturated rings. The summed E-state index contributed by atoms with van der Waals surface area (Å²) in [5.74, 6) is -0.888. The fraction of sp³-hybridized carbons (Fsp3) is 0. The average Bonchev–Trinajstić information content (AvgIpc) is 2.80. The van der Waals surface area contributed by atoms with Gasteiger partial charge in [0, 0.05) is 0 Å². The van der Waals surface area contributed by atoms with Crippen molar-refractivity contribution in [2.75, 3.05) is 5.32 Å². The van der Waals surface area contributed by atoms with E-state index in [2.05, 4.69) is 10.3 Å². The van der Waals surface area contributed by atoms with E-state index in [4.69, 9.17) is 11.6 Å². The van der Waals surface area contributed by atoms with Crippen molar-refractivity contribution in [3.8, 4) is 0 Å². The number of nitrogens with zero attached hydrogens (tertiary/aromatic N) is 1. The number of benzene rings is 2. The molecule has 20 heavy (non-hydrogen) atoms. The second-order valence-corrected chi connectivity index (χ2v) is 5.50. The molecular formula is C14H8ClFN2OS. The summed E-state index contributed by atoms with van der Waals surface area (Å²) >= 11 is 7.22. The van der Waals surface area contributed by atoms with Gasteiger partial charge in [-0.3, -0.25) is 10.1 Å². The SMILES string of the molecule is O=C(Nc1nc2ccccc2s1)c1ccc(F)cc1Cl. The summed E-state index contributed by atoms with van der Waals surface area (Å²) in [6, 6.07) is 11.2. The molecule has 3 rings (SSSR count). The van der Waals surface area contributed by atoms with Crippen molar-refractivity contribution in [3.05, 3.63) is 58.9 Å². The van der Waals surface area contributed by atoms with Gasteiger partial charge in [-0.2, -0.15) is 0 Å². The Hall–Kier alpha value is -1.98. The molecule has 1 aromatic heterocycles. The number of carbonyl (C=O) groups excluding carboxylic acids is 1. The van der Waals surface area contributed by atoms with Gasteiger partial charge in [-0.15, -0.1) is 0 Å². The maximum absolute atomic E-state index is 13.0. The average molecular weight is 307 g/mol. The Bertz CT molecular complexity index is 770. The van der Waals surface area contributed by atoms with E-state index in [0.29, 0.717) is 5.13 Å². The lowest BCUT2D eigenvalue weighted by atomic mass is 10.2. The topological polar surface area (TPSA) is 42.0 Å². The molecule has 0 unspecified atom stereocenters. The molecule has 0 saturated carbocycles. The van der Waals surface area contributed by atoms with E-state index in [1.165, 1.54) is 23.5 Å². The van der Waals surface area contributed by atoms with E-state index in [1.54, 1.807) is 0 Å². The molecule has 0 bridgehead atoms. The highest BCUT2D eigenvalue weighted by Crippen LogP contribution is 2.26. The number of halogens is 2. The standard InChI is InChI=1S/C14H8ClFN2OS/c15-10-7-8(16)5-6-9(10)13(19)18-14-17-11-3-1-2-4-12(11)20-14/h1-7H,(H,17,18,19). The van der Waals surface area contributed by atoms with Gasteiger partial charge in [0.25, 0.3) is 5.91 Å². The lowest BCUT2D eigenvalue weighted by Gasteiger charge is -2.03. The van der Waals surface area contributed by atoms with Crippen LogP contribution >= 0.6 is 22.9 Å². The van der Waals surface area contributed by atoms with Crippen molar-refractivity contribution < 1.29 is 9.18 Å². The molecule has 0 radical (unpaired) electrons. The number of hydrogen-bond acceptors (Lipinski definition) is 3. The van der Waals surface area contributed by atoms with Crippen molar-refractivity contribution in [1.82, 2.24) is 4.98 Å². The number of nitrogens with one attached hydrogen (secondary N) is 1. The fourth-order valence-electron chi connectivity index (χ4n) is 1.76. The van der Waals surface area contributed by atoms with Crippen LogP contribution in [0.25, 0.3) is 10.2 Å². The first-order chi connectivity index (χ1) is 9.63. The van der Waals surface area contributed by atoms with Crippen LogP contribution < -0.4 is 5.32 Å². The van der Waals surface area contributed by atoms with E-state index in [-0.39, 0.29) is 10.6 Å². The molecule has 3 nitrogen and oxygen atoms in total. The Labute approximate surface area is 123 Å². The van der Waals surface area contributed by atoms with Crippen LogP contribution in [0, 0.1) is 5.82 Å². The summed E-state index contributed by atoms with van der Waals surface area (Å²) in [4.78, 5) is 16.4. The quantitative estimate of drug-likeness (QED) is 0.765. The van der Waals surface area contributed by atoms with Gasteiger partial charge in [0.1, 0.15) is 5.82 Å². The van der Waals surface area contributed by atoms with Gasteiger partial charge in [-0.1, -0.05) is 35.1 Å². The van der Waals surface area contributed by atoms with Crippen molar-refractivity contribution >= 4 is 44.2 Å². The molecule has 6 heteroatoms. The summed E-state index contributed by atoms with van der Waals surface area (Å²) in [5, 5.41) is 3.23. The van der Waals surface area contributed by atoms with E-state index in [0.717, 1.165) is 16.3 Å². The summed E-state index contributed by atoms with van der Waals surface area (Å²) in [5.41, 5.74) is 1.03. The number of hydrogen-bond donors (Lipinski definition) is 1. The Morgan fingerprint density at radius 1 is 1.25 bits per heavy atom. The van der Waals surface area contributed by atoms with E-state index in [9.17, 15) is 9.18 Å². The third-order valence-corrected chi connectivity index (χ3v) is 3.95. The molecule has 0 saturated heterocycles. The second kappa shape index (κ2) is 5.19. The van der Waals surface area contributed by atoms with Gasteiger partial charge in [0.05, 0.1) is 20.8 Å². The highest BCUT2D eigenvalue weighted by atomic mass is 35.5. The Kier molecular flexibility index (Phi) is 3.38. The molecule has 0 atom stereocenters. The number of para-hydroxylation sites is 1. The van der Waals surface area contributed by atoms with Crippen LogP contribution in [0.4, 0.5) is 9.52 Å². The number of thiazole rings is 1. The van der Waals surface area contributed by atoms with Crippen LogP contribution in [0.1, 0.15) is 10.4 Å². The maximum Gasteiger partial charge on any atom is 0.258 e. The van der Waals surface area contributed by atoms with Crippen molar-refractivity contribution in [3.63, 3.8) is 0 Å². The molecule has 1 amide bonds. The number of fused-ring (bicyclic) bond motifs is 1. The molecule has 2 aromatic carbocycles. The zero-order valence-corrected chi connectivity index (χ0v) is 11.6. The molecule has 0 spiro atoms. The number of rotatable bonds is 2. The molecule has 100 valence electrons. The number of amides is 1. The zero-order valence-electron chi connectivity index (χ0n) is 10.1. The highest BCUT2D eigenvalue weighted by molar-refractivity contribution is 7.22. The van der Waals surface area contributed by atoms with Crippen molar-refractivity contribution in [2.24, 2.45) is 0 Å². The monoisotopic (exact) mass is 306 g/mol. The van der Waals surface area contributed by atoms with Crippen LogP contribution in [0.5, 0.6) is 0 Å². The van der Waals surface area contributed by atoms with Gasteiger partial charge >= 0.3 is 0 Å². The second-order valence-electron chi connectivity index (χ2n) is 4.07.